The Bertz CT molecular complexity index is 884. The third kappa shape index (κ3) is 5.60. The highest BCUT2D eigenvalue weighted by atomic mass is 32.2. The fourth-order valence-corrected chi connectivity index (χ4v) is 3.86. The molecule has 0 spiro atoms. The van der Waals surface area contributed by atoms with Gasteiger partial charge in [0.05, 0.1) is 5.75 Å². The molecule has 28 heavy (non-hydrogen) atoms. The van der Waals surface area contributed by atoms with Crippen LogP contribution in [0.2, 0.25) is 0 Å². The molecule has 6 nitrogen and oxygen atoms in total. The van der Waals surface area contributed by atoms with Gasteiger partial charge in [-0.3, -0.25) is 14.4 Å². The summed E-state index contributed by atoms with van der Waals surface area (Å²) in [5, 5.41) is 14.5. The summed E-state index contributed by atoms with van der Waals surface area (Å²) in [6.45, 7) is 0. The summed E-state index contributed by atoms with van der Waals surface area (Å²) in [5.41, 5.74) is 3.58. The van der Waals surface area contributed by atoms with E-state index in [1.165, 1.54) is 11.8 Å². The van der Waals surface area contributed by atoms with Gasteiger partial charge in [0.25, 0.3) is 0 Å². The molecule has 0 aromatic heterocycles. The van der Waals surface area contributed by atoms with Crippen LogP contribution in [0.5, 0.6) is 0 Å². The zero-order chi connectivity index (χ0) is 19.9. The molecule has 0 bridgehead atoms. The van der Waals surface area contributed by atoms with Crippen molar-refractivity contribution < 1.29 is 19.5 Å². The maximum absolute atomic E-state index is 12.3. The largest absolute Gasteiger partial charge is 0.481 e. The summed E-state index contributed by atoms with van der Waals surface area (Å²) >= 11 is 1.31. The molecular weight excluding hydrogens is 376 g/mol. The van der Waals surface area contributed by atoms with Crippen molar-refractivity contribution >= 4 is 40.9 Å². The molecule has 0 aliphatic carbocycles. The first-order valence-corrected chi connectivity index (χ1v) is 10.2. The van der Waals surface area contributed by atoms with E-state index in [0.717, 1.165) is 16.8 Å². The molecule has 2 amide bonds. The zero-order valence-corrected chi connectivity index (χ0v) is 16.1. The van der Waals surface area contributed by atoms with E-state index in [1.54, 1.807) is 6.07 Å². The Kier molecular flexibility index (Phi) is 6.71. The Labute approximate surface area is 167 Å². The molecule has 0 radical (unpaired) electrons. The van der Waals surface area contributed by atoms with Gasteiger partial charge in [0.2, 0.25) is 11.8 Å². The minimum atomic E-state index is -0.844. The lowest BCUT2D eigenvalue weighted by Crippen LogP contribution is -2.30. The van der Waals surface area contributed by atoms with Crippen molar-refractivity contribution in [3.63, 3.8) is 0 Å². The van der Waals surface area contributed by atoms with Gasteiger partial charge in [-0.05, 0) is 42.2 Å². The summed E-state index contributed by atoms with van der Waals surface area (Å²) in [5.74, 6) is -0.616. The van der Waals surface area contributed by atoms with E-state index in [2.05, 4.69) is 10.6 Å². The van der Waals surface area contributed by atoms with E-state index in [-0.39, 0.29) is 29.9 Å². The van der Waals surface area contributed by atoms with E-state index in [0.29, 0.717) is 24.3 Å². The number of hydrogen-bond acceptors (Lipinski definition) is 4. The fourth-order valence-electron chi connectivity index (χ4n) is 3.17. The maximum atomic E-state index is 12.3. The van der Waals surface area contributed by atoms with Crippen LogP contribution in [0.3, 0.4) is 0 Å². The fraction of sp³-hybridized carbons (Fsp3) is 0.286. The number of benzene rings is 2. The smallest absolute Gasteiger partial charge is 0.313 e. The van der Waals surface area contributed by atoms with Crippen molar-refractivity contribution in [1.29, 1.82) is 0 Å². The topological polar surface area (TPSA) is 95.5 Å². The number of carbonyl (C=O) groups excluding carboxylic acids is 2. The summed E-state index contributed by atoms with van der Waals surface area (Å²) in [4.78, 5) is 35.1. The van der Waals surface area contributed by atoms with Gasteiger partial charge in [0.1, 0.15) is 0 Å². The van der Waals surface area contributed by atoms with Gasteiger partial charge >= 0.3 is 5.97 Å². The van der Waals surface area contributed by atoms with Crippen molar-refractivity contribution in [2.45, 2.75) is 25.0 Å². The number of aliphatic carboxylic acids is 1. The van der Waals surface area contributed by atoms with Crippen LogP contribution < -0.4 is 10.6 Å². The molecule has 1 heterocycles. The second kappa shape index (κ2) is 9.41. The van der Waals surface area contributed by atoms with Gasteiger partial charge in [-0.25, -0.2) is 0 Å². The number of carbonyl (C=O) groups is 3. The van der Waals surface area contributed by atoms with E-state index in [1.807, 2.05) is 42.5 Å². The highest BCUT2D eigenvalue weighted by molar-refractivity contribution is 7.99. The predicted molar refractivity (Wildman–Crippen MR) is 110 cm³/mol. The van der Waals surface area contributed by atoms with Crippen molar-refractivity contribution in [2.24, 2.45) is 5.92 Å². The van der Waals surface area contributed by atoms with Crippen molar-refractivity contribution in [3.05, 3.63) is 59.7 Å². The van der Waals surface area contributed by atoms with E-state index in [9.17, 15) is 14.4 Å². The Hall–Kier alpha value is -2.80. The average Bonchev–Trinajstić information content (AvgIpc) is 2.66. The summed E-state index contributed by atoms with van der Waals surface area (Å²) in [7, 11) is 0. The SMILES string of the molecule is O=C(O)CSCc1cccc(NC(=O)CCC2Cc3ccccc3NC2=O)c1. The summed E-state index contributed by atoms with van der Waals surface area (Å²) in [6.07, 6.45) is 1.39. The molecule has 3 rings (SSSR count). The number of carboxylic acids is 1. The molecule has 1 atom stereocenters. The number of rotatable bonds is 8. The quantitative estimate of drug-likeness (QED) is 0.632. The van der Waals surface area contributed by atoms with Crippen LogP contribution in [0.1, 0.15) is 24.0 Å². The highest BCUT2D eigenvalue weighted by Gasteiger charge is 2.26. The molecule has 0 fully saturated rings. The molecule has 0 saturated carbocycles. The second-order valence-corrected chi connectivity index (χ2v) is 7.71. The van der Waals surface area contributed by atoms with Gasteiger partial charge in [0.15, 0.2) is 0 Å². The van der Waals surface area contributed by atoms with Crippen molar-refractivity contribution in [3.8, 4) is 0 Å². The van der Waals surface area contributed by atoms with Crippen LogP contribution in [0.4, 0.5) is 11.4 Å². The van der Waals surface area contributed by atoms with Crippen LogP contribution >= 0.6 is 11.8 Å². The number of para-hydroxylation sites is 1. The van der Waals surface area contributed by atoms with Gasteiger partial charge in [0, 0.05) is 29.5 Å². The van der Waals surface area contributed by atoms with Gasteiger partial charge in [-0.1, -0.05) is 30.3 Å². The number of thioether (sulfide) groups is 1. The molecular formula is C21H22N2O4S. The zero-order valence-electron chi connectivity index (χ0n) is 15.3. The minimum absolute atomic E-state index is 0.0380. The molecule has 7 heteroatoms. The lowest BCUT2D eigenvalue weighted by molar-refractivity contribution is -0.134. The maximum Gasteiger partial charge on any atom is 0.313 e. The molecule has 146 valence electrons. The first-order chi connectivity index (χ1) is 13.5. The first-order valence-electron chi connectivity index (χ1n) is 9.08. The Morgan fingerprint density at radius 1 is 1.18 bits per heavy atom. The van der Waals surface area contributed by atoms with Crippen LogP contribution in [-0.4, -0.2) is 28.6 Å². The number of nitrogens with one attached hydrogen (secondary N) is 2. The lowest BCUT2D eigenvalue weighted by Gasteiger charge is -2.24. The van der Waals surface area contributed by atoms with E-state index >= 15 is 0 Å². The molecule has 1 aliphatic heterocycles. The normalized spacial score (nSPS) is 15.4. The van der Waals surface area contributed by atoms with Crippen LogP contribution in [0, 0.1) is 5.92 Å². The van der Waals surface area contributed by atoms with Gasteiger partial charge in [-0.2, -0.15) is 0 Å². The molecule has 2 aromatic carbocycles. The molecule has 1 aliphatic rings. The Morgan fingerprint density at radius 2 is 2.00 bits per heavy atom. The van der Waals surface area contributed by atoms with E-state index < -0.39 is 5.97 Å². The first kappa shape index (κ1) is 19.9. The van der Waals surface area contributed by atoms with Crippen LogP contribution in [-0.2, 0) is 26.6 Å². The lowest BCUT2D eigenvalue weighted by atomic mass is 9.89. The molecule has 2 aromatic rings. The van der Waals surface area contributed by atoms with Crippen molar-refractivity contribution in [1.82, 2.24) is 0 Å². The van der Waals surface area contributed by atoms with Crippen molar-refractivity contribution in [2.75, 3.05) is 16.4 Å². The highest BCUT2D eigenvalue weighted by Crippen LogP contribution is 2.27. The number of fused-ring (bicyclic) bond motifs is 1. The molecule has 1 unspecified atom stereocenters. The predicted octanol–water partition coefficient (Wildman–Crippen LogP) is 3.53. The Balaban J connectivity index is 1.49. The van der Waals surface area contributed by atoms with E-state index in [4.69, 9.17) is 5.11 Å². The summed E-state index contributed by atoms with van der Waals surface area (Å²) in [6, 6.07) is 15.1. The standard InChI is InChI=1S/C21H22N2O4S/c24-19(22-17-6-3-4-14(10-17)12-28-13-20(25)26)9-8-16-11-15-5-1-2-7-18(15)23-21(16)27/h1-7,10,16H,8-9,11-13H2,(H,22,24)(H,23,27)(H,25,26). The third-order valence-electron chi connectivity index (χ3n) is 4.54. The second-order valence-electron chi connectivity index (χ2n) is 6.72. The third-order valence-corrected chi connectivity index (χ3v) is 5.53. The van der Waals surface area contributed by atoms with Crippen LogP contribution in [0.25, 0.3) is 0 Å². The molecule has 3 N–H and O–H groups in total. The van der Waals surface area contributed by atoms with Crippen LogP contribution in [0.15, 0.2) is 48.5 Å². The molecule has 0 saturated heterocycles. The number of carboxylic acid groups (broad SMARTS) is 1. The minimum Gasteiger partial charge on any atom is -0.481 e. The Morgan fingerprint density at radius 3 is 2.82 bits per heavy atom. The number of hydrogen-bond donors (Lipinski definition) is 3. The van der Waals surface area contributed by atoms with Gasteiger partial charge < -0.3 is 15.7 Å². The number of amides is 2. The monoisotopic (exact) mass is 398 g/mol. The van der Waals surface area contributed by atoms with Gasteiger partial charge in [-0.15, -0.1) is 11.8 Å². The average molecular weight is 398 g/mol. The summed E-state index contributed by atoms with van der Waals surface area (Å²) < 4.78 is 0. The number of anilines is 2.